The zero-order chi connectivity index (χ0) is 16.8. The first kappa shape index (κ1) is 16.2. The van der Waals surface area contributed by atoms with Gasteiger partial charge >= 0.3 is 6.03 Å². The quantitative estimate of drug-likeness (QED) is 0.731. The molecule has 3 amide bonds. The number of hydrogen-bond donors (Lipinski definition) is 3. The molecule has 0 unspecified atom stereocenters. The van der Waals surface area contributed by atoms with Gasteiger partial charge < -0.3 is 16.4 Å². The molecule has 6 nitrogen and oxygen atoms in total. The smallest absolute Gasteiger partial charge is 0.312 e. The first-order chi connectivity index (χ1) is 11.0. The molecule has 0 spiro atoms. The second kappa shape index (κ2) is 7.17. The van der Waals surface area contributed by atoms with Gasteiger partial charge in [-0.1, -0.05) is 24.3 Å². The van der Waals surface area contributed by atoms with E-state index in [-0.39, 0.29) is 23.4 Å². The Morgan fingerprint density at radius 2 is 1.57 bits per heavy atom. The Morgan fingerprint density at radius 3 is 2.22 bits per heavy atom. The highest BCUT2D eigenvalue weighted by Gasteiger charge is 2.17. The third-order valence-corrected chi connectivity index (χ3v) is 2.99. The lowest BCUT2D eigenvalue weighted by Crippen LogP contribution is -2.36. The molecule has 0 saturated carbocycles. The number of ketones is 1. The zero-order valence-corrected chi connectivity index (χ0v) is 12.0. The van der Waals surface area contributed by atoms with Gasteiger partial charge in [0.1, 0.15) is 5.82 Å². The number of carbonyl (C=O) groups excluding carboxylic acids is 3. The Bertz CT molecular complexity index is 762. The van der Waals surface area contributed by atoms with Crippen LogP contribution < -0.4 is 16.4 Å². The molecule has 2 aromatic carbocycles. The molecule has 4 N–H and O–H groups in total. The van der Waals surface area contributed by atoms with Gasteiger partial charge in [-0.05, 0) is 24.3 Å². The van der Waals surface area contributed by atoms with E-state index < -0.39 is 23.5 Å². The molecule has 0 fully saturated rings. The average molecular weight is 315 g/mol. The summed E-state index contributed by atoms with van der Waals surface area (Å²) in [6.45, 7) is -0.336. The first-order valence-electron chi connectivity index (χ1n) is 6.70. The van der Waals surface area contributed by atoms with Crippen molar-refractivity contribution < 1.29 is 18.8 Å². The third-order valence-electron chi connectivity index (χ3n) is 2.99. The van der Waals surface area contributed by atoms with Crippen LogP contribution in [0.5, 0.6) is 0 Å². The molecule has 0 aromatic heterocycles. The van der Waals surface area contributed by atoms with Crippen LogP contribution in [-0.2, 0) is 4.79 Å². The van der Waals surface area contributed by atoms with E-state index >= 15 is 0 Å². The Hall–Kier alpha value is -3.22. The third kappa shape index (κ3) is 4.13. The van der Waals surface area contributed by atoms with Gasteiger partial charge in [-0.25, -0.2) is 9.18 Å². The van der Waals surface area contributed by atoms with E-state index in [9.17, 15) is 18.8 Å². The summed E-state index contributed by atoms with van der Waals surface area (Å²) in [5, 5.41) is 4.62. The van der Waals surface area contributed by atoms with Crippen LogP contribution in [0.3, 0.4) is 0 Å². The van der Waals surface area contributed by atoms with Crippen LogP contribution in [0.15, 0.2) is 48.5 Å². The number of urea groups is 1. The van der Waals surface area contributed by atoms with Gasteiger partial charge in [0.2, 0.25) is 5.91 Å². The normalized spacial score (nSPS) is 9.96. The SMILES string of the molecule is NC(=O)NCC(=O)Nc1ccccc1C(=O)c1ccccc1F. The van der Waals surface area contributed by atoms with Gasteiger partial charge in [-0.2, -0.15) is 0 Å². The van der Waals surface area contributed by atoms with Gasteiger partial charge in [0.05, 0.1) is 17.8 Å². The summed E-state index contributed by atoms with van der Waals surface area (Å²) < 4.78 is 13.8. The molecule has 0 aliphatic heterocycles. The number of para-hydroxylation sites is 1. The largest absolute Gasteiger partial charge is 0.352 e. The van der Waals surface area contributed by atoms with Gasteiger partial charge in [0.25, 0.3) is 0 Å². The maximum Gasteiger partial charge on any atom is 0.312 e. The van der Waals surface area contributed by atoms with Crippen molar-refractivity contribution in [2.75, 3.05) is 11.9 Å². The van der Waals surface area contributed by atoms with E-state index in [0.29, 0.717) is 0 Å². The lowest BCUT2D eigenvalue weighted by molar-refractivity contribution is -0.115. The minimum Gasteiger partial charge on any atom is -0.352 e. The summed E-state index contributed by atoms with van der Waals surface area (Å²) in [7, 11) is 0. The van der Waals surface area contributed by atoms with Crippen molar-refractivity contribution in [2.45, 2.75) is 0 Å². The van der Waals surface area contributed by atoms with Crippen molar-refractivity contribution in [3.63, 3.8) is 0 Å². The van der Waals surface area contributed by atoms with Crippen LogP contribution in [0.2, 0.25) is 0 Å². The molecule has 0 heterocycles. The van der Waals surface area contributed by atoms with Crippen LogP contribution in [0.25, 0.3) is 0 Å². The number of carbonyl (C=O) groups is 3. The van der Waals surface area contributed by atoms with E-state index in [1.807, 2.05) is 0 Å². The minimum absolute atomic E-state index is 0.0931. The average Bonchev–Trinajstić information content (AvgIpc) is 2.53. The van der Waals surface area contributed by atoms with Crippen molar-refractivity contribution in [2.24, 2.45) is 5.73 Å². The summed E-state index contributed by atoms with van der Waals surface area (Å²) in [5.74, 6) is -1.76. The number of rotatable bonds is 5. The van der Waals surface area contributed by atoms with E-state index in [0.717, 1.165) is 0 Å². The van der Waals surface area contributed by atoms with E-state index in [1.54, 1.807) is 18.2 Å². The molecular weight excluding hydrogens is 301 g/mol. The van der Waals surface area contributed by atoms with Crippen LogP contribution in [0.1, 0.15) is 15.9 Å². The molecule has 0 saturated heterocycles. The zero-order valence-electron chi connectivity index (χ0n) is 12.0. The van der Waals surface area contributed by atoms with Gasteiger partial charge in [0, 0.05) is 5.56 Å². The van der Waals surface area contributed by atoms with Crippen molar-refractivity contribution in [1.29, 1.82) is 0 Å². The van der Waals surface area contributed by atoms with Crippen molar-refractivity contribution >= 4 is 23.4 Å². The molecule has 118 valence electrons. The standard InChI is InChI=1S/C16H14FN3O3/c17-12-7-3-1-5-10(12)15(22)11-6-2-4-8-13(11)20-14(21)9-19-16(18)23/h1-8H,9H2,(H,20,21)(H3,18,19,23). The predicted molar refractivity (Wildman–Crippen MR) is 82.5 cm³/mol. The van der Waals surface area contributed by atoms with Crippen molar-refractivity contribution in [3.8, 4) is 0 Å². The molecule has 0 aliphatic rings. The fourth-order valence-electron chi connectivity index (χ4n) is 1.94. The molecule has 7 heteroatoms. The number of amides is 3. The van der Waals surface area contributed by atoms with Crippen LogP contribution >= 0.6 is 0 Å². The van der Waals surface area contributed by atoms with Gasteiger partial charge in [-0.15, -0.1) is 0 Å². The maximum absolute atomic E-state index is 13.8. The second-order valence-electron chi connectivity index (χ2n) is 4.62. The van der Waals surface area contributed by atoms with Gasteiger partial charge in [0.15, 0.2) is 5.78 Å². The fourth-order valence-corrected chi connectivity index (χ4v) is 1.94. The molecule has 0 bridgehead atoms. The lowest BCUT2D eigenvalue weighted by Gasteiger charge is -2.11. The summed E-state index contributed by atoms with van der Waals surface area (Å²) in [6.07, 6.45) is 0. The minimum atomic E-state index is -0.837. The fraction of sp³-hybridized carbons (Fsp3) is 0.0625. The van der Waals surface area contributed by atoms with Crippen LogP contribution in [0, 0.1) is 5.82 Å². The van der Waals surface area contributed by atoms with Crippen LogP contribution in [0.4, 0.5) is 14.9 Å². The Labute approximate surface area is 131 Å². The highest BCUT2D eigenvalue weighted by atomic mass is 19.1. The summed E-state index contributed by atoms with van der Waals surface area (Å²) in [4.78, 5) is 34.8. The Morgan fingerprint density at radius 1 is 0.957 bits per heavy atom. The molecule has 23 heavy (non-hydrogen) atoms. The molecule has 0 aliphatic carbocycles. The highest BCUT2D eigenvalue weighted by Crippen LogP contribution is 2.20. The topological polar surface area (TPSA) is 101 Å². The molecule has 2 rings (SSSR count). The van der Waals surface area contributed by atoms with Crippen LogP contribution in [-0.4, -0.2) is 24.3 Å². The van der Waals surface area contributed by atoms with Crippen molar-refractivity contribution in [1.82, 2.24) is 5.32 Å². The monoisotopic (exact) mass is 315 g/mol. The summed E-state index contributed by atoms with van der Waals surface area (Å²) in [6, 6.07) is 11.0. The second-order valence-corrected chi connectivity index (χ2v) is 4.62. The summed E-state index contributed by atoms with van der Waals surface area (Å²) >= 11 is 0. The van der Waals surface area contributed by atoms with E-state index in [2.05, 4.69) is 10.6 Å². The highest BCUT2D eigenvalue weighted by molar-refractivity contribution is 6.14. The summed E-state index contributed by atoms with van der Waals surface area (Å²) in [5.41, 5.74) is 5.15. The van der Waals surface area contributed by atoms with Gasteiger partial charge in [-0.3, -0.25) is 9.59 Å². The predicted octanol–water partition coefficient (Wildman–Crippen LogP) is 1.66. The number of halogens is 1. The number of anilines is 1. The van der Waals surface area contributed by atoms with E-state index in [4.69, 9.17) is 5.73 Å². The number of benzene rings is 2. The number of nitrogens with one attached hydrogen (secondary N) is 2. The number of nitrogens with two attached hydrogens (primary N) is 1. The lowest BCUT2D eigenvalue weighted by atomic mass is 10.0. The Kier molecular flexibility index (Phi) is 5.03. The number of primary amides is 1. The van der Waals surface area contributed by atoms with E-state index in [1.165, 1.54) is 30.3 Å². The molecule has 0 radical (unpaired) electrons. The number of hydrogen-bond acceptors (Lipinski definition) is 3. The maximum atomic E-state index is 13.8. The molecule has 0 atom stereocenters. The molecular formula is C16H14FN3O3. The molecule has 2 aromatic rings. The Balaban J connectivity index is 2.24. The van der Waals surface area contributed by atoms with Crippen molar-refractivity contribution in [3.05, 3.63) is 65.5 Å². The first-order valence-corrected chi connectivity index (χ1v) is 6.70.